The van der Waals surface area contributed by atoms with E-state index in [1.54, 1.807) is 0 Å². The van der Waals surface area contributed by atoms with Crippen LogP contribution in [0.15, 0.2) is 64.5 Å². The van der Waals surface area contributed by atoms with Crippen LogP contribution in [0.25, 0.3) is 11.3 Å². The fourth-order valence-corrected chi connectivity index (χ4v) is 7.40. The lowest BCUT2D eigenvalue weighted by atomic mass is 9.68. The quantitative estimate of drug-likeness (QED) is 0.247. The number of benzene rings is 2. The van der Waals surface area contributed by atoms with Gasteiger partial charge in [0.15, 0.2) is 10.9 Å². The Kier molecular flexibility index (Phi) is 5.68. The van der Waals surface area contributed by atoms with Crippen molar-refractivity contribution >= 4 is 17.5 Å². The SMILES string of the molecule is O=C(CSc1nc2c(c(=O)n1C1CCCC1)C1(CCCC1)Cc1ccccc1-2)c1ccccc1. The molecule has 3 aliphatic rings. The van der Waals surface area contributed by atoms with Gasteiger partial charge in [0.2, 0.25) is 0 Å². The summed E-state index contributed by atoms with van der Waals surface area (Å²) < 4.78 is 1.99. The van der Waals surface area contributed by atoms with Gasteiger partial charge in [-0.25, -0.2) is 4.98 Å². The normalized spacial score (nSPS) is 18.7. The number of hydrogen-bond donors (Lipinski definition) is 0. The summed E-state index contributed by atoms with van der Waals surface area (Å²) in [7, 11) is 0. The maximum absolute atomic E-state index is 14.3. The third-order valence-corrected chi connectivity index (χ3v) is 9.05. The molecule has 174 valence electrons. The van der Waals surface area contributed by atoms with Gasteiger partial charge in [-0.05, 0) is 37.7 Å². The van der Waals surface area contributed by atoms with Gasteiger partial charge in [-0.3, -0.25) is 14.2 Å². The molecule has 0 atom stereocenters. The van der Waals surface area contributed by atoms with E-state index in [4.69, 9.17) is 4.98 Å². The Balaban J connectivity index is 1.49. The second-order valence-electron chi connectivity index (χ2n) is 10.1. The smallest absolute Gasteiger partial charge is 0.258 e. The van der Waals surface area contributed by atoms with Crippen molar-refractivity contribution in [2.45, 2.75) is 74.4 Å². The molecule has 0 bridgehead atoms. The lowest BCUT2D eigenvalue weighted by Crippen LogP contribution is -2.41. The number of aromatic nitrogens is 2. The van der Waals surface area contributed by atoms with E-state index in [2.05, 4.69) is 18.2 Å². The molecule has 1 heterocycles. The first kappa shape index (κ1) is 21.8. The van der Waals surface area contributed by atoms with Crippen LogP contribution in [0.4, 0.5) is 0 Å². The zero-order valence-corrected chi connectivity index (χ0v) is 20.3. The Bertz CT molecular complexity index is 1290. The van der Waals surface area contributed by atoms with Gasteiger partial charge in [0, 0.05) is 22.6 Å². The van der Waals surface area contributed by atoms with Gasteiger partial charge in [-0.2, -0.15) is 0 Å². The molecule has 1 spiro atoms. The standard InChI is InChI=1S/C29H30N2O2S/c32-24(20-10-2-1-3-11-20)19-34-28-30-26-23-15-7-4-12-21(23)18-29(16-8-9-17-29)25(26)27(33)31(28)22-13-5-6-14-22/h1-4,7,10-12,15,22H,5-6,8-9,13-14,16-19H2. The van der Waals surface area contributed by atoms with Crippen LogP contribution >= 0.6 is 11.8 Å². The molecule has 0 saturated heterocycles. The molecule has 0 N–H and O–H groups in total. The highest BCUT2D eigenvalue weighted by atomic mass is 32.2. The molecule has 34 heavy (non-hydrogen) atoms. The maximum atomic E-state index is 14.3. The van der Waals surface area contributed by atoms with Crippen LogP contribution in [0.5, 0.6) is 0 Å². The summed E-state index contributed by atoms with van der Waals surface area (Å²) in [5, 5.41) is 0.713. The molecule has 0 amide bonds. The van der Waals surface area contributed by atoms with Gasteiger partial charge in [0.05, 0.1) is 17.0 Å². The number of ketones is 1. The molecular formula is C29H30N2O2S. The first-order valence-electron chi connectivity index (χ1n) is 12.6. The van der Waals surface area contributed by atoms with Crippen molar-refractivity contribution in [3.8, 4) is 11.3 Å². The third kappa shape index (κ3) is 3.65. The zero-order valence-electron chi connectivity index (χ0n) is 19.5. The van der Waals surface area contributed by atoms with Crippen molar-refractivity contribution in [3.05, 3.63) is 81.6 Å². The number of hydrogen-bond acceptors (Lipinski definition) is 4. The number of carbonyl (C=O) groups is 1. The van der Waals surface area contributed by atoms with E-state index in [9.17, 15) is 9.59 Å². The lowest BCUT2D eigenvalue weighted by molar-refractivity contribution is 0.102. The Morgan fingerprint density at radius 1 is 0.971 bits per heavy atom. The molecule has 2 fully saturated rings. The minimum Gasteiger partial charge on any atom is -0.293 e. The fraction of sp³-hybridized carbons (Fsp3) is 0.414. The van der Waals surface area contributed by atoms with Gasteiger partial charge in [0.25, 0.3) is 5.56 Å². The molecule has 3 aliphatic carbocycles. The van der Waals surface area contributed by atoms with Gasteiger partial charge in [0.1, 0.15) is 0 Å². The average molecular weight is 471 g/mol. The Labute approximate surface area is 204 Å². The second-order valence-corrected chi connectivity index (χ2v) is 11.1. The third-order valence-electron chi connectivity index (χ3n) is 8.09. The number of nitrogens with zero attached hydrogens (tertiary/aromatic N) is 2. The predicted octanol–water partition coefficient (Wildman–Crippen LogP) is 6.37. The van der Waals surface area contributed by atoms with Gasteiger partial charge in [-0.1, -0.05) is 92.0 Å². The van der Waals surface area contributed by atoms with E-state index in [0.29, 0.717) is 10.7 Å². The molecule has 2 aromatic carbocycles. The van der Waals surface area contributed by atoms with E-state index in [1.807, 2.05) is 41.0 Å². The molecule has 0 aliphatic heterocycles. The summed E-state index contributed by atoms with van der Waals surface area (Å²) in [6.45, 7) is 0. The van der Waals surface area contributed by atoms with Crippen LogP contribution in [0.1, 0.15) is 78.9 Å². The van der Waals surface area contributed by atoms with E-state index in [1.165, 1.54) is 30.2 Å². The van der Waals surface area contributed by atoms with Gasteiger partial charge in [-0.15, -0.1) is 0 Å². The van der Waals surface area contributed by atoms with Crippen LogP contribution in [0, 0.1) is 0 Å². The molecule has 3 aromatic rings. The van der Waals surface area contributed by atoms with Gasteiger partial charge >= 0.3 is 0 Å². The summed E-state index contributed by atoms with van der Waals surface area (Å²) in [5.41, 5.74) is 5.01. The lowest BCUT2D eigenvalue weighted by Gasteiger charge is -2.37. The van der Waals surface area contributed by atoms with Gasteiger partial charge < -0.3 is 0 Å². The Morgan fingerprint density at radius 2 is 1.68 bits per heavy atom. The highest BCUT2D eigenvalue weighted by Gasteiger charge is 2.45. The Morgan fingerprint density at radius 3 is 2.44 bits per heavy atom. The summed E-state index contributed by atoms with van der Waals surface area (Å²) in [6, 6.07) is 18.1. The maximum Gasteiger partial charge on any atom is 0.258 e. The van der Waals surface area contributed by atoms with Crippen molar-refractivity contribution in [2.75, 3.05) is 5.75 Å². The van der Waals surface area contributed by atoms with Crippen LogP contribution in [0.3, 0.4) is 0 Å². The van der Waals surface area contributed by atoms with E-state index in [-0.39, 0.29) is 28.6 Å². The van der Waals surface area contributed by atoms with Crippen LogP contribution < -0.4 is 5.56 Å². The van der Waals surface area contributed by atoms with Crippen molar-refractivity contribution in [3.63, 3.8) is 0 Å². The highest BCUT2D eigenvalue weighted by Crippen LogP contribution is 2.50. The van der Waals surface area contributed by atoms with Crippen molar-refractivity contribution in [1.82, 2.24) is 9.55 Å². The van der Waals surface area contributed by atoms with E-state index < -0.39 is 0 Å². The molecule has 6 rings (SSSR count). The highest BCUT2D eigenvalue weighted by molar-refractivity contribution is 7.99. The Hall–Kier alpha value is -2.66. The zero-order chi connectivity index (χ0) is 23.1. The predicted molar refractivity (Wildman–Crippen MR) is 137 cm³/mol. The minimum absolute atomic E-state index is 0.0724. The molecule has 1 aromatic heterocycles. The number of fused-ring (bicyclic) bond motifs is 4. The van der Waals surface area contributed by atoms with Crippen molar-refractivity contribution in [1.29, 1.82) is 0 Å². The number of rotatable bonds is 5. The first-order valence-corrected chi connectivity index (χ1v) is 13.6. The largest absolute Gasteiger partial charge is 0.293 e. The van der Waals surface area contributed by atoms with Crippen LogP contribution in [-0.4, -0.2) is 21.1 Å². The second kappa shape index (κ2) is 8.84. The summed E-state index contributed by atoms with van der Waals surface area (Å²) in [4.78, 5) is 32.4. The molecule has 2 saturated carbocycles. The molecule has 0 radical (unpaired) electrons. The number of thioether (sulfide) groups is 1. The fourth-order valence-electron chi connectivity index (χ4n) is 6.45. The van der Waals surface area contributed by atoms with E-state index in [0.717, 1.165) is 61.8 Å². The number of carbonyl (C=O) groups excluding carboxylic acids is 1. The molecular weight excluding hydrogens is 440 g/mol. The van der Waals surface area contributed by atoms with Crippen molar-refractivity contribution < 1.29 is 4.79 Å². The topological polar surface area (TPSA) is 52.0 Å². The number of Topliss-reactive ketones (excluding diaryl/α,β-unsaturated/α-hetero) is 1. The van der Waals surface area contributed by atoms with Crippen LogP contribution in [-0.2, 0) is 11.8 Å². The summed E-state index contributed by atoms with van der Waals surface area (Å²) >= 11 is 1.43. The summed E-state index contributed by atoms with van der Waals surface area (Å²) in [5.74, 6) is 0.359. The minimum atomic E-state index is -0.0861. The molecule has 0 unspecified atom stereocenters. The first-order chi connectivity index (χ1) is 16.7. The molecule has 4 nitrogen and oxygen atoms in total. The average Bonchev–Trinajstić information content (AvgIpc) is 3.56. The van der Waals surface area contributed by atoms with E-state index >= 15 is 0 Å². The van der Waals surface area contributed by atoms with Crippen LogP contribution in [0.2, 0.25) is 0 Å². The monoisotopic (exact) mass is 470 g/mol. The molecule has 5 heteroatoms. The summed E-state index contributed by atoms with van der Waals surface area (Å²) in [6.07, 6.45) is 9.75. The van der Waals surface area contributed by atoms with Crippen molar-refractivity contribution in [2.24, 2.45) is 0 Å².